The highest BCUT2D eigenvalue weighted by Crippen LogP contribution is 2.37. The van der Waals surface area contributed by atoms with E-state index in [1.54, 1.807) is 0 Å². The standard InChI is InChI=1S/C14H9F3N2O6/c15-14(16,17)25-6-4-2-1-3-5(6)7-8(12(21)22)10(18)19-11(20)9(7)13(23)24/h1-4H,(H,21,22)(H,23,24)(H3,18,19,20). The van der Waals surface area contributed by atoms with Crippen LogP contribution in [-0.2, 0) is 0 Å². The summed E-state index contributed by atoms with van der Waals surface area (Å²) in [4.78, 5) is 36.5. The Bertz CT molecular complexity index is 920. The van der Waals surface area contributed by atoms with Crippen LogP contribution in [-0.4, -0.2) is 33.5 Å². The number of halogens is 3. The fourth-order valence-corrected chi connectivity index (χ4v) is 2.20. The Morgan fingerprint density at radius 2 is 1.64 bits per heavy atom. The number of pyridine rings is 1. The Hall–Kier alpha value is -3.50. The molecule has 0 bridgehead atoms. The predicted octanol–water partition coefficient (Wildman–Crippen LogP) is 1.92. The molecule has 132 valence electrons. The Morgan fingerprint density at radius 3 is 2.16 bits per heavy atom. The second-order valence-electron chi connectivity index (χ2n) is 4.65. The average molecular weight is 358 g/mol. The van der Waals surface area contributed by atoms with Crippen molar-refractivity contribution >= 4 is 17.8 Å². The molecule has 5 N–H and O–H groups in total. The Kier molecular flexibility index (Phi) is 4.42. The summed E-state index contributed by atoms with van der Waals surface area (Å²) in [5.74, 6) is -5.18. The summed E-state index contributed by atoms with van der Waals surface area (Å²) < 4.78 is 41.5. The van der Waals surface area contributed by atoms with E-state index in [0.717, 1.165) is 18.2 Å². The summed E-state index contributed by atoms with van der Waals surface area (Å²) in [6.45, 7) is 0. The molecule has 1 heterocycles. The van der Waals surface area contributed by atoms with E-state index < -0.39 is 57.7 Å². The quantitative estimate of drug-likeness (QED) is 0.654. The van der Waals surface area contributed by atoms with Crippen molar-refractivity contribution in [3.63, 3.8) is 0 Å². The van der Waals surface area contributed by atoms with Gasteiger partial charge in [-0.2, -0.15) is 0 Å². The third-order valence-corrected chi connectivity index (χ3v) is 3.05. The summed E-state index contributed by atoms with van der Waals surface area (Å²) in [7, 11) is 0. The number of aromatic nitrogens is 1. The van der Waals surface area contributed by atoms with Gasteiger partial charge in [-0.15, -0.1) is 13.2 Å². The van der Waals surface area contributed by atoms with Gasteiger partial charge in [0.05, 0.1) is 0 Å². The average Bonchev–Trinajstić information content (AvgIpc) is 2.44. The van der Waals surface area contributed by atoms with Crippen molar-refractivity contribution in [3.8, 4) is 16.9 Å². The second kappa shape index (κ2) is 6.19. The number of alkyl halides is 3. The van der Waals surface area contributed by atoms with E-state index in [1.165, 1.54) is 6.07 Å². The number of hydrogen-bond acceptors (Lipinski definition) is 5. The van der Waals surface area contributed by atoms with Crippen LogP contribution in [0.3, 0.4) is 0 Å². The normalized spacial score (nSPS) is 11.2. The lowest BCUT2D eigenvalue weighted by Crippen LogP contribution is -2.25. The number of nitrogens with one attached hydrogen (secondary N) is 1. The molecule has 0 aliphatic rings. The van der Waals surface area contributed by atoms with Crippen molar-refractivity contribution in [1.82, 2.24) is 4.98 Å². The van der Waals surface area contributed by atoms with Crippen molar-refractivity contribution in [1.29, 1.82) is 0 Å². The number of aromatic carboxylic acids is 2. The van der Waals surface area contributed by atoms with Crippen LogP contribution in [0.15, 0.2) is 29.1 Å². The van der Waals surface area contributed by atoms with E-state index in [-0.39, 0.29) is 0 Å². The minimum absolute atomic E-state index is 0.563. The molecule has 0 saturated heterocycles. The van der Waals surface area contributed by atoms with E-state index in [4.69, 9.17) is 5.73 Å². The molecule has 0 radical (unpaired) electrons. The van der Waals surface area contributed by atoms with Crippen molar-refractivity contribution in [2.75, 3.05) is 5.73 Å². The Morgan fingerprint density at radius 1 is 1.08 bits per heavy atom. The molecule has 0 fully saturated rings. The summed E-state index contributed by atoms with van der Waals surface area (Å²) in [5.41, 5.74) is 0.845. The number of carboxylic acid groups (broad SMARTS) is 2. The Labute approximate surface area is 136 Å². The molecule has 25 heavy (non-hydrogen) atoms. The third kappa shape index (κ3) is 3.54. The number of rotatable bonds is 4. The summed E-state index contributed by atoms with van der Waals surface area (Å²) in [6.07, 6.45) is -5.13. The summed E-state index contributed by atoms with van der Waals surface area (Å²) in [6, 6.07) is 4.20. The van der Waals surface area contributed by atoms with Crippen LogP contribution in [0.2, 0.25) is 0 Å². The summed E-state index contributed by atoms with van der Waals surface area (Å²) in [5, 5.41) is 18.5. The van der Waals surface area contributed by atoms with Crippen LogP contribution >= 0.6 is 0 Å². The van der Waals surface area contributed by atoms with Gasteiger partial charge in [-0.25, -0.2) is 9.59 Å². The molecule has 0 unspecified atom stereocenters. The highest BCUT2D eigenvalue weighted by molar-refractivity contribution is 6.08. The van der Waals surface area contributed by atoms with Crippen molar-refractivity contribution in [3.05, 3.63) is 45.7 Å². The zero-order chi connectivity index (χ0) is 18.9. The molecule has 2 rings (SSSR count). The zero-order valence-electron chi connectivity index (χ0n) is 12.0. The lowest BCUT2D eigenvalue weighted by atomic mass is 9.95. The SMILES string of the molecule is Nc1[nH]c(=O)c(C(=O)O)c(-c2ccccc2OC(F)(F)F)c1C(=O)O. The van der Waals surface area contributed by atoms with Crippen molar-refractivity contribution in [2.45, 2.75) is 6.36 Å². The molecule has 0 aliphatic heterocycles. The number of nitrogen functional groups attached to an aromatic ring is 1. The van der Waals surface area contributed by atoms with Crippen LogP contribution in [0.25, 0.3) is 11.1 Å². The van der Waals surface area contributed by atoms with Crippen molar-refractivity contribution < 1.29 is 37.7 Å². The molecule has 0 spiro atoms. The van der Waals surface area contributed by atoms with Crippen LogP contribution < -0.4 is 16.0 Å². The van der Waals surface area contributed by atoms with Crippen molar-refractivity contribution in [2.24, 2.45) is 0 Å². The van der Waals surface area contributed by atoms with E-state index >= 15 is 0 Å². The number of H-pyrrole nitrogens is 1. The van der Waals surface area contributed by atoms with Gasteiger partial charge in [-0.3, -0.25) is 4.79 Å². The molecule has 8 nitrogen and oxygen atoms in total. The molecular formula is C14H9F3N2O6. The largest absolute Gasteiger partial charge is 0.573 e. The third-order valence-electron chi connectivity index (χ3n) is 3.05. The molecule has 1 aromatic heterocycles. The molecule has 0 atom stereocenters. The minimum Gasteiger partial charge on any atom is -0.478 e. The predicted molar refractivity (Wildman–Crippen MR) is 77.5 cm³/mol. The van der Waals surface area contributed by atoms with Gasteiger partial charge in [0.15, 0.2) is 0 Å². The summed E-state index contributed by atoms with van der Waals surface area (Å²) >= 11 is 0. The second-order valence-corrected chi connectivity index (χ2v) is 4.65. The number of hydrogen-bond donors (Lipinski definition) is 4. The first-order chi connectivity index (χ1) is 11.5. The van der Waals surface area contributed by atoms with Gasteiger partial charge in [0.1, 0.15) is 22.7 Å². The van der Waals surface area contributed by atoms with E-state index in [9.17, 15) is 37.8 Å². The van der Waals surface area contributed by atoms with E-state index in [2.05, 4.69) is 4.74 Å². The smallest absolute Gasteiger partial charge is 0.478 e. The lowest BCUT2D eigenvalue weighted by Gasteiger charge is -2.16. The lowest BCUT2D eigenvalue weighted by molar-refractivity contribution is -0.274. The number of carboxylic acids is 2. The molecule has 1 aromatic carbocycles. The van der Waals surface area contributed by atoms with Gasteiger partial charge >= 0.3 is 18.3 Å². The monoisotopic (exact) mass is 358 g/mol. The number of carbonyl (C=O) groups is 2. The van der Waals surface area contributed by atoms with Gasteiger partial charge in [0.25, 0.3) is 5.56 Å². The molecule has 0 aliphatic carbocycles. The van der Waals surface area contributed by atoms with Gasteiger partial charge in [0.2, 0.25) is 0 Å². The van der Waals surface area contributed by atoms with Crippen LogP contribution in [0.4, 0.5) is 19.0 Å². The molecular weight excluding hydrogens is 349 g/mol. The maximum absolute atomic E-state index is 12.6. The number of benzene rings is 1. The van der Waals surface area contributed by atoms with Gasteiger partial charge < -0.3 is 25.7 Å². The fourth-order valence-electron chi connectivity index (χ4n) is 2.20. The minimum atomic E-state index is -5.13. The fraction of sp³-hybridized carbons (Fsp3) is 0.0714. The van der Waals surface area contributed by atoms with Crippen LogP contribution in [0, 0.1) is 0 Å². The zero-order valence-corrected chi connectivity index (χ0v) is 12.0. The molecule has 2 aromatic rings. The highest BCUT2D eigenvalue weighted by Gasteiger charge is 2.34. The molecule has 11 heteroatoms. The molecule has 0 saturated carbocycles. The maximum Gasteiger partial charge on any atom is 0.573 e. The first kappa shape index (κ1) is 17.8. The van der Waals surface area contributed by atoms with Crippen LogP contribution in [0.5, 0.6) is 5.75 Å². The number of nitrogens with two attached hydrogens (primary N) is 1. The van der Waals surface area contributed by atoms with Crippen LogP contribution in [0.1, 0.15) is 20.7 Å². The van der Waals surface area contributed by atoms with Gasteiger partial charge in [-0.05, 0) is 6.07 Å². The van der Waals surface area contributed by atoms with Gasteiger partial charge in [0, 0.05) is 11.1 Å². The number of aromatic amines is 1. The first-order valence-corrected chi connectivity index (χ1v) is 6.40. The highest BCUT2D eigenvalue weighted by atomic mass is 19.4. The number of anilines is 1. The van der Waals surface area contributed by atoms with E-state index in [1.807, 2.05) is 4.98 Å². The maximum atomic E-state index is 12.6. The number of ether oxygens (including phenoxy) is 1. The topological polar surface area (TPSA) is 143 Å². The van der Waals surface area contributed by atoms with Gasteiger partial charge in [-0.1, -0.05) is 18.2 Å². The molecule has 0 amide bonds. The first-order valence-electron chi connectivity index (χ1n) is 6.40. The number of para-hydroxylation sites is 1. The Balaban J connectivity index is 2.95. The van der Waals surface area contributed by atoms with E-state index in [0.29, 0.717) is 0 Å².